The lowest BCUT2D eigenvalue weighted by Gasteiger charge is -2.13. The molecule has 0 amide bonds. The minimum Gasteiger partial charge on any atom is -0.393 e. The summed E-state index contributed by atoms with van der Waals surface area (Å²) in [6.07, 6.45) is 2.22. The molecule has 1 atom stereocenters. The summed E-state index contributed by atoms with van der Waals surface area (Å²) in [7, 11) is 1.86. The molecule has 1 N–H and O–H groups in total. The van der Waals surface area contributed by atoms with E-state index in [1.54, 1.807) is 4.68 Å². The molecule has 1 unspecified atom stereocenters. The Morgan fingerprint density at radius 3 is 2.93 bits per heavy atom. The lowest BCUT2D eigenvalue weighted by molar-refractivity contribution is -0.0699. The fourth-order valence-corrected chi connectivity index (χ4v) is 1.66. The number of nitrogens with zero attached hydrogens (tertiary/aromatic N) is 2. The molecule has 5 nitrogen and oxygen atoms in total. The number of rotatable bonds is 4. The van der Waals surface area contributed by atoms with E-state index in [2.05, 4.69) is 5.10 Å². The molecule has 0 bridgehead atoms. The first-order chi connectivity index (χ1) is 7.24. The monoisotopic (exact) mass is 212 g/mol. The van der Waals surface area contributed by atoms with Gasteiger partial charge in [-0.2, -0.15) is 5.10 Å². The van der Waals surface area contributed by atoms with Gasteiger partial charge in [-0.1, -0.05) is 0 Å². The summed E-state index contributed by atoms with van der Waals surface area (Å²) in [6.45, 7) is 1.25. The summed E-state index contributed by atoms with van der Waals surface area (Å²) in [4.78, 5) is 0. The molecule has 0 radical (unpaired) electrons. The number of aliphatic hydroxyl groups is 1. The fraction of sp³-hybridized carbons (Fsp3) is 0.700. The number of aryl methyl sites for hydroxylation is 1. The standard InChI is InChI=1S/C10H16N2O3/c1-12-3-2-8(11-12)6-9(13)7-10-14-4-5-15-10/h2-3,9-10,13H,4-7H2,1H3. The minimum absolute atomic E-state index is 0.247. The van der Waals surface area contributed by atoms with Gasteiger partial charge in [0, 0.05) is 26.1 Å². The zero-order valence-corrected chi connectivity index (χ0v) is 8.80. The number of aromatic nitrogens is 2. The molecular formula is C10H16N2O3. The number of hydrogen-bond acceptors (Lipinski definition) is 4. The molecule has 0 saturated carbocycles. The predicted molar refractivity (Wildman–Crippen MR) is 53.2 cm³/mol. The molecule has 1 aliphatic rings. The van der Waals surface area contributed by atoms with Gasteiger partial charge in [-0.3, -0.25) is 4.68 Å². The van der Waals surface area contributed by atoms with E-state index in [1.807, 2.05) is 19.3 Å². The van der Waals surface area contributed by atoms with E-state index < -0.39 is 6.10 Å². The van der Waals surface area contributed by atoms with Crippen LogP contribution in [-0.2, 0) is 22.9 Å². The van der Waals surface area contributed by atoms with Crippen LogP contribution in [0.15, 0.2) is 12.3 Å². The lowest BCUT2D eigenvalue weighted by Crippen LogP contribution is -2.20. The van der Waals surface area contributed by atoms with Gasteiger partial charge in [0.15, 0.2) is 6.29 Å². The van der Waals surface area contributed by atoms with Crippen LogP contribution in [0, 0.1) is 0 Å². The zero-order valence-electron chi connectivity index (χ0n) is 8.80. The molecule has 0 aromatic carbocycles. The van der Waals surface area contributed by atoms with Gasteiger partial charge in [-0.25, -0.2) is 0 Å². The molecule has 0 spiro atoms. The number of hydrogen-bond donors (Lipinski definition) is 1. The van der Waals surface area contributed by atoms with Crippen LogP contribution in [-0.4, -0.2) is 40.5 Å². The lowest BCUT2D eigenvalue weighted by atomic mass is 10.1. The van der Waals surface area contributed by atoms with Crippen molar-refractivity contribution in [3.63, 3.8) is 0 Å². The highest BCUT2D eigenvalue weighted by molar-refractivity contribution is 5.00. The zero-order chi connectivity index (χ0) is 10.7. The largest absolute Gasteiger partial charge is 0.393 e. The van der Waals surface area contributed by atoms with Crippen molar-refractivity contribution < 1.29 is 14.6 Å². The number of aliphatic hydroxyl groups excluding tert-OH is 1. The van der Waals surface area contributed by atoms with E-state index in [-0.39, 0.29) is 6.29 Å². The second-order valence-electron chi connectivity index (χ2n) is 3.75. The van der Waals surface area contributed by atoms with Crippen molar-refractivity contribution in [3.8, 4) is 0 Å². The van der Waals surface area contributed by atoms with Crippen molar-refractivity contribution in [3.05, 3.63) is 18.0 Å². The van der Waals surface area contributed by atoms with Crippen LogP contribution in [0.1, 0.15) is 12.1 Å². The summed E-state index contributed by atoms with van der Waals surface area (Å²) in [5, 5.41) is 14.0. The molecule has 1 saturated heterocycles. The maximum Gasteiger partial charge on any atom is 0.160 e. The summed E-state index contributed by atoms with van der Waals surface area (Å²) in [5.41, 5.74) is 0.892. The Labute approximate surface area is 88.6 Å². The Bertz CT molecular complexity index is 307. The molecule has 5 heteroatoms. The Morgan fingerprint density at radius 2 is 2.33 bits per heavy atom. The Hall–Kier alpha value is -0.910. The molecule has 84 valence electrons. The summed E-state index contributed by atoms with van der Waals surface area (Å²) >= 11 is 0. The van der Waals surface area contributed by atoms with Crippen LogP contribution < -0.4 is 0 Å². The predicted octanol–water partition coefficient (Wildman–Crippen LogP) is 0.0865. The van der Waals surface area contributed by atoms with Crippen molar-refractivity contribution in [2.75, 3.05) is 13.2 Å². The third-order valence-corrected chi connectivity index (χ3v) is 2.37. The summed E-state index contributed by atoms with van der Waals surface area (Å²) in [5.74, 6) is 0. The van der Waals surface area contributed by atoms with Gasteiger partial charge in [-0.05, 0) is 6.07 Å². The summed E-state index contributed by atoms with van der Waals surface area (Å²) < 4.78 is 12.2. The second kappa shape index (κ2) is 4.74. The van der Waals surface area contributed by atoms with Gasteiger partial charge in [0.25, 0.3) is 0 Å². The quantitative estimate of drug-likeness (QED) is 0.768. The molecular weight excluding hydrogens is 196 g/mol. The SMILES string of the molecule is Cn1ccc(CC(O)CC2OCCO2)n1. The normalized spacial score (nSPS) is 19.6. The third-order valence-electron chi connectivity index (χ3n) is 2.37. The Kier molecular flexibility index (Phi) is 3.35. The fourth-order valence-electron chi connectivity index (χ4n) is 1.66. The molecule has 1 aliphatic heterocycles. The molecule has 15 heavy (non-hydrogen) atoms. The Balaban J connectivity index is 1.78. The minimum atomic E-state index is -0.456. The van der Waals surface area contributed by atoms with Gasteiger partial charge in [0.2, 0.25) is 0 Å². The second-order valence-corrected chi connectivity index (χ2v) is 3.75. The summed E-state index contributed by atoms with van der Waals surface area (Å²) in [6, 6.07) is 1.90. The van der Waals surface area contributed by atoms with E-state index in [1.165, 1.54) is 0 Å². The van der Waals surface area contributed by atoms with Gasteiger partial charge < -0.3 is 14.6 Å². The van der Waals surface area contributed by atoms with Crippen molar-refractivity contribution in [1.82, 2.24) is 9.78 Å². The van der Waals surface area contributed by atoms with E-state index >= 15 is 0 Å². The van der Waals surface area contributed by atoms with Crippen LogP contribution in [0.2, 0.25) is 0 Å². The Morgan fingerprint density at radius 1 is 1.60 bits per heavy atom. The van der Waals surface area contributed by atoms with Crippen molar-refractivity contribution >= 4 is 0 Å². The highest BCUT2D eigenvalue weighted by Crippen LogP contribution is 2.12. The third kappa shape index (κ3) is 3.02. The van der Waals surface area contributed by atoms with Crippen LogP contribution in [0.3, 0.4) is 0 Å². The van der Waals surface area contributed by atoms with Crippen molar-refractivity contribution in [2.45, 2.75) is 25.2 Å². The molecule has 2 heterocycles. The topological polar surface area (TPSA) is 56.5 Å². The van der Waals surface area contributed by atoms with Gasteiger partial charge >= 0.3 is 0 Å². The van der Waals surface area contributed by atoms with Crippen LogP contribution in [0.5, 0.6) is 0 Å². The van der Waals surface area contributed by atoms with Gasteiger partial charge in [0.05, 0.1) is 25.0 Å². The van der Waals surface area contributed by atoms with E-state index in [0.717, 1.165) is 5.69 Å². The molecule has 1 aromatic rings. The van der Waals surface area contributed by atoms with Gasteiger partial charge in [0.1, 0.15) is 0 Å². The van der Waals surface area contributed by atoms with Crippen molar-refractivity contribution in [2.24, 2.45) is 7.05 Å². The molecule has 1 fully saturated rings. The average molecular weight is 212 g/mol. The molecule has 2 rings (SSSR count). The highest BCUT2D eigenvalue weighted by atomic mass is 16.7. The van der Waals surface area contributed by atoms with Crippen molar-refractivity contribution in [1.29, 1.82) is 0 Å². The molecule has 1 aromatic heterocycles. The smallest absolute Gasteiger partial charge is 0.160 e. The van der Waals surface area contributed by atoms with Crippen LogP contribution >= 0.6 is 0 Å². The maximum absolute atomic E-state index is 9.76. The number of ether oxygens (including phenoxy) is 2. The first-order valence-corrected chi connectivity index (χ1v) is 5.14. The van der Waals surface area contributed by atoms with Gasteiger partial charge in [-0.15, -0.1) is 0 Å². The first-order valence-electron chi connectivity index (χ1n) is 5.14. The van der Waals surface area contributed by atoms with E-state index in [4.69, 9.17) is 9.47 Å². The average Bonchev–Trinajstić information content (AvgIpc) is 2.77. The van der Waals surface area contributed by atoms with E-state index in [9.17, 15) is 5.11 Å². The van der Waals surface area contributed by atoms with Crippen LogP contribution in [0.25, 0.3) is 0 Å². The van der Waals surface area contributed by atoms with E-state index in [0.29, 0.717) is 26.1 Å². The van der Waals surface area contributed by atoms with Crippen LogP contribution in [0.4, 0.5) is 0 Å². The molecule has 0 aliphatic carbocycles. The maximum atomic E-state index is 9.76. The first kappa shape index (κ1) is 10.6. The highest BCUT2D eigenvalue weighted by Gasteiger charge is 2.20.